The van der Waals surface area contributed by atoms with Crippen molar-refractivity contribution < 1.29 is 33.1 Å². The summed E-state index contributed by atoms with van der Waals surface area (Å²) in [5.74, 6) is 0.626. The first-order chi connectivity index (χ1) is 16.4. The van der Waals surface area contributed by atoms with Crippen LogP contribution in [-0.2, 0) is 17.7 Å². The van der Waals surface area contributed by atoms with E-state index in [1.165, 1.54) is 31.4 Å². The molecular formula is C24H24N2O8. The Hall–Kier alpha value is -4.08. The maximum absolute atomic E-state index is 13.1. The number of nitro groups is 1. The van der Waals surface area contributed by atoms with Gasteiger partial charge in [-0.15, -0.1) is 0 Å². The lowest BCUT2D eigenvalue weighted by Crippen LogP contribution is -2.36. The summed E-state index contributed by atoms with van der Waals surface area (Å²) in [7, 11) is 1.50. The van der Waals surface area contributed by atoms with Crippen LogP contribution >= 0.6 is 0 Å². The van der Waals surface area contributed by atoms with Crippen molar-refractivity contribution in [3.8, 4) is 11.5 Å². The van der Waals surface area contributed by atoms with Crippen LogP contribution in [0.5, 0.6) is 11.5 Å². The lowest BCUT2D eigenvalue weighted by molar-refractivity contribution is -0.384. The molecule has 3 aromatic rings. The Kier molecular flexibility index (Phi) is 6.67. The molecule has 1 aliphatic heterocycles. The van der Waals surface area contributed by atoms with Crippen molar-refractivity contribution in [1.29, 1.82) is 0 Å². The van der Waals surface area contributed by atoms with Crippen molar-refractivity contribution in [1.82, 2.24) is 4.90 Å². The van der Waals surface area contributed by atoms with Crippen LogP contribution < -0.4 is 9.47 Å². The van der Waals surface area contributed by atoms with Crippen molar-refractivity contribution in [3.63, 3.8) is 0 Å². The third-order valence-electron chi connectivity index (χ3n) is 5.62. The standard InChI is InChI=1S/C24H24N2O8/c1-3-4-13-32-24(28)25-12-11-19-18(14-25)21-17(9-10-20(31-2)22(21)34-19)23(27)33-16-7-5-15(6-8-16)26(29)30/h5-10H,3-4,11-14H2,1-2H3. The Morgan fingerprint density at radius 1 is 1.18 bits per heavy atom. The molecule has 0 spiro atoms. The minimum Gasteiger partial charge on any atom is -0.493 e. The Morgan fingerprint density at radius 3 is 2.62 bits per heavy atom. The Morgan fingerprint density at radius 2 is 1.94 bits per heavy atom. The number of unbranched alkanes of at least 4 members (excludes halogenated alkanes) is 1. The number of furan rings is 1. The molecule has 0 unspecified atom stereocenters. The molecule has 0 fully saturated rings. The highest BCUT2D eigenvalue weighted by atomic mass is 16.6. The zero-order chi connectivity index (χ0) is 24.2. The molecule has 0 saturated heterocycles. The molecule has 0 saturated carbocycles. The second kappa shape index (κ2) is 9.82. The molecule has 0 aliphatic carbocycles. The SMILES string of the molecule is CCCCOC(=O)N1CCc2oc3c(OC)ccc(C(=O)Oc4ccc([N+](=O)[O-])cc4)c3c2C1. The first-order valence-corrected chi connectivity index (χ1v) is 10.9. The molecule has 10 nitrogen and oxygen atoms in total. The van der Waals surface area contributed by atoms with Gasteiger partial charge in [0.1, 0.15) is 11.5 Å². The predicted molar refractivity (Wildman–Crippen MR) is 121 cm³/mol. The van der Waals surface area contributed by atoms with E-state index in [0.29, 0.717) is 47.6 Å². The van der Waals surface area contributed by atoms with Crippen molar-refractivity contribution in [2.45, 2.75) is 32.7 Å². The molecule has 0 radical (unpaired) electrons. The van der Waals surface area contributed by atoms with E-state index < -0.39 is 17.0 Å². The fourth-order valence-electron chi connectivity index (χ4n) is 3.84. The third-order valence-corrected chi connectivity index (χ3v) is 5.62. The number of nitrogens with zero attached hydrogens (tertiary/aromatic N) is 2. The molecule has 10 heteroatoms. The molecule has 4 rings (SSSR count). The summed E-state index contributed by atoms with van der Waals surface area (Å²) in [4.78, 5) is 37.5. The Bertz CT molecular complexity index is 1230. The van der Waals surface area contributed by atoms with E-state index in [1.807, 2.05) is 6.92 Å². The number of methoxy groups -OCH3 is 1. The topological polar surface area (TPSA) is 121 Å². The number of carbonyl (C=O) groups is 2. The molecule has 2 heterocycles. The van der Waals surface area contributed by atoms with Crippen LogP contribution in [0.2, 0.25) is 0 Å². The molecule has 0 N–H and O–H groups in total. The number of esters is 1. The first kappa shape index (κ1) is 23.1. The Labute approximate surface area is 195 Å². The number of benzene rings is 2. The van der Waals surface area contributed by atoms with Gasteiger partial charge in [-0.3, -0.25) is 10.1 Å². The van der Waals surface area contributed by atoms with E-state index in [-0.39, 0.29) is 23.5 Å². The van der Waals surface area contributed by atoms with Crippen LogP contribution in [0.1, 0.15) is 41.4 Å². The van der Waals surface area contributed by atoms with E-state index >= 15 is 0 Å². The normalized spacial score (nSPS) is 12.8. The summed E-state index contributed by atoms with van der Waals surface area (Å²) >= 11 is 0. The third kappa shape index (κ3) is 4.52. The molecule has 1 aromatic heterocycles. The van der Waals surface area contributed by atoms with Crippen LogP contribution in [0.4, 0.5) is 10.5 Å². The van der Waals surface area contributed by atoms with Gasteiger partial charge in [0, 0.05) is 36.0 Å². The lowest BCUT2D eigenvalue weighted by atomic mass is 10.0. The molecule has 2 aromatic carbocycles. The van der Waals surface area contributed by atoms with E-state index in [1.54, 1.807) is 17.0 Å². The quantitative estimate of drug-likeness (QED) is 0.158. The largest absolute Gasteiger partial charge is 0.493 e. The second-order valence-corrected chi connectivity index (χ2v) is 7.80. The summed E-state index contributed by atoms with van der Waals surface area (Å²) in [6.45, 7) is 3.02. The van der Waals surface area contributed by atoms with Crippen molar-refractivity contribution in [2.75, 3.05) is 20.3 Å². The maximum Gasteiger partial charge on any atom is 0.410 e. The second-order valence-electron chi connectivity index (χ2n) is 7.80. The van der Waals surface area contributed by atoms with Gasteiger partial charge in [-0.25, -0.2) is 9.59 Å². The minimum absolute atomic E-state index is 0.110. The van der Waals surface area contributed by atoms with Gasteiger partial charge in [-0.1, -0.05) is 13.3 Å². The molecule has 0 bridgehead atoms. The fourth-order valence-corrected chi connectivity index (χ4v) is 3.84. The van der Waals surface area contributed by atoms with Gasteiger partial charge in [0.05, 0.1) is 30.7 Å². The van der Waals surface area contributed by atoms with Gasteiger partial charge in [-0.2, -0.15) is 0 Å². The average molecular weight is 468 g/mol. The highest BCUT2D eigenvalue weighted by Crippen LogP contribution is 2.38. The van der Waals surface area contributed by atoms with Crippen LogP contribution in [-0.4, -0.2) is 42.1 Å². The van der Waals surface area contributed by atoms with Gasteiger partial charge in [-0.05, 0) is 30.7 Å². The summed E-state index contributed by atoms with van der Waals surface area (Å²) in [5, 5.41) is 11.4. The lowest BCUT2D eigenvalue weighted by Gasteiger charge is -2.25. The van der Waals surface area contributed by atoms with E-state index in [4.69, 9.17) is 18.6 Å². The van der Waals surface area contributed by atoms with Gasteiger partial charge in [0.2, 0.25) is 0 Å². The zero-order valence-electron chi connectivity index (χ0n) is 18.9. The van der Waals surface area contributed by atoms with Gasteiger partial charge < -0.3 is 23.5 Å². The highest BCUT2D eigenvalue weighted by Gasteiger charge is 2.30. The van der Waals surface area contributed by atoms with Crippen LogP contribution in [0.15, 0.2) is 40.8 Å². The highest BCUT2D eigenvalue weighted by molar-refractivity contribution is 6.07. The Balaban J connectivity index is 1.65. The van der Waals surface area contributed by atoms with E-state index in [0.717, 1.165) is 12.8 Å². The average Bonchev–Trinajstić information content (AvgIpc) is 3.22. The molecule has 178 valence electrons. The minimum atomic E-state index is -0.659. The summed E-state index contributed by atoms with van der Waals surface area (Å²) < 4.78 is 22.3. The van der Waals surface area contributed by atoms with Crippen LogP contribution in [0, 0.1) is 10.1 Å². The molecule has 0 atom stereocenters. The molecule has 1 aliphatic rings. The van der Waals surface area contributed by atoms with Gasteiger partial charge in [0.25, 0.3) is 5.69 Å². The first-order valence-electron chi connectivity index (χ1n) is 10.9. The molecule has 34 heavy (non-hydrogen) atoms. The number of hydrogen-bond donors (Lipinski definition) is 0. The number of nitro benzene ring substituents is 1. The summed E-state index contributed by atoms with van der Waals surface area (Å²) in [5.41, 5.74) is 1.22. The predicted octanol–water partition coefficient (Wildman–Crippen LogP) is 4.86. The zero-order valence-corrected chi connectivity index (χ0v) is 18.9. The van der Waals surface area contributed by atoms with Gasteiger partial charge in [0.15, 0.2) is 11.3 Å². The number of hydrogen-bond acceptors (Lipinski definition) is 8. The number of rotatable bonds is 7. The molecule has 1 amide bonds. The number of fused-ring (bicyclic) bond motifs is 3. The molecular weight excluding hydrogens is 444 g/mol. The summed E-state index contributed by atoms with van der Waals surface area (Å²) in [6, 6.07) is 8.41. The maximum atomic E-state index is 13.1. The fraction of sp³-hybridized carbons (Fsp3) is 0.333. The van der Waals surface area contributed by atoms with Crippen molar-refractivity contribution in [2.24, 2.45) is 0 Å². The van der Waals surface area contributed by atoms with Crippen molar-refractivity contribution >= 4 is 28.7 Å². The van der Waals surface area contributed by atoms with Crippen LogP contribution in [0.3, 0.4) is 0 Å². The monoisotopic (exact) mass is 468 g/mol. The van der Waals surface area contributed by atoms with E-state index in [9.17, 15) is 19.7 Å². The van der Waals surface area contributed by atoms with Crippen LogP contribution in [0.25, 0.3) is 11.0 Å². The van der Waals surface area contributed by atoms with Crippen molar-refractivity contribution in [3.05, 3.63) is 63.4 Å². The number of carbonyl (C=O) groups excluding carboxylic acids is 2. The summed E-state index contributed by atoms with van der Waals surface area (Å²) in [6.07, 6.45) is 1.76. The smallest absolute Gasteiger partial charge is 0.410 e. The van der Waals surface area contributed by atoms with Gasteiger partial charge >= 0.3 is 12.1 Å². The number of non-ortho nitro benzene ring substituents is 1. The van der Waals surface area contributed by atoms with E-state index in [2.05, 4.69) is 0 Å². The number of ether oxygens (including phenoxy) is 3. The number of amides is 1.